The molecule has 0 radical (unpaired) electrons. The van der Waals surface area contributed by atoms with Gasteiger partial charge in [-0.05, 0) is 104 Å². The van der Waals surface area contributed by atoms with E-state index in [-0.39, 0.29) is 17.7 Å². The van der Waals surface area contributed by atoms with Gasteiger partial charge < -0.3 is 14.4 Å². The van der Waals surface area contributed by atoms with Crippen LogP contribution < -0.4 is 26.2 Å². The van der Waals surface area contributed by atoms with Gasteiger partial charge in [0.05, 0.1) is 16.7 Å². The fraction of sp³-hybridized carbons (Fsp3) is 0.234. The van der Waals surface area contributed by atoms with E-state index in [1.54, 1.807) is 5.56 Å². The molecule has 0 N–H and O–H groups in total. The van der Waals surface area contributed by atoms with Crippen molar-refractivity contribution in [1.82, 2.24) is 4.57 Å². The van der Waals surface area contributed by atoms with Gasteiger partial charge in [0.25, 0.3) is 6.71 Å². The molecule has 248 valence electrons. The molecule has 1 fully saturated rings. The Morgan fingerprint density at radius 3 is 2.08 bits per heavy atom. The number of fused-ring (bicyclic) bond motifs is 10. The number of aryl methyl sites for hydroxylation is 3. The van der Waals surface area contributed by atoms with Crippen LogP contribution in [-0.2, 0) is 5.41 Å². The number of nitrogens with zero attached hydrogens (tertiary/aromatic N) is 3. The van der Waals surface area contributed by atoms with Crippen LogP contribution in [0.25, 0.3) is 27.5 Å². The Morgan fingerprint density at radius 2 is 1.31 bits per heavy atom. The molecule has 7 aromatic rings. The van der Waals surface area contributed by atoms with Gasteiger partial charge in [-0.15, -0.1) is 0 Å². The van der Waals surface area contributed by atoms with E-state index in [0.29, 0.717) is 0 Å². The van der Waals surface area contributed by atoms with Crippen LogP contribution in [0.3, 0.4) is 0 Å². The van der Waals surface area contributed by atoms with Crippen LogP contribution in [0.1, 0.15) is 61.8 Å². The minimum Gasteiger partial charge on any atom is -0.335 e. The van der Waals surface area contributed by atoms with Crippen molar-refractivity contribution in [3.63, 3.8) is 0 Å². The molecule has 4 aliphatic rings. The predicted octanol–water partition coefficient (Wildman–Crippen LogP) is 10.1. The van der Waals surface area contributed by atoms with E-state index in [1.165, 1.54) is 115 Å². The van der Waals surface area contributed by atoms with Gasteiger partial charge in [-0.3, -0.25) is 0 Å². The van der Waals surface area contributed by atoms with E-state index in [2.05, 4.69) is 164 Å². The molecule has 0 saturated heterocycles. The summed E-state index contributed by atoms with van der Waals surface area (Å²) in [4.78, 5) is 5.39. The highest BCUT2D eigenvalue weighted by Gasteiger charge is 2.61. The van der Waals surface area contributed by atoms with Crippen LogP contribution in [0.4, 0.5) is 28.4 Å². The number of benzene rings is 6. The Bertz CT molecular complexity index is 2600. The lowest BCUT2D eigenvalue weighted by molar-refractivity contribution is 0.195. The minimum atomic E-state index is -0.0330. The lowest BCUT2D eigenvalue weighted by Gasteiger charge is -2.52. The SMILES string of the molecule is Cc1cc2c3c(c1)C1(C)CCCCC1(C)N3c1cc(N(c3ccccc3C)c3ccccc3C)cc3c1B2c1cccc2c4ccccc4n-3c12. The highest BCUT2D eigenvalue weighted by Crippen LogP contribution is 2.62. The van der Waals surface area contributed by atoms with E-state index in [1.807, 2.05) is 0 Å². The van der Waals surface area contributed by atoms with Crippen molar-refractivity contribution in [2.24, 2.45) is 0 Å². The molecule has 4 heteroatoms. The number of para-hydroxylation sites is 4. The first-order valence-corrected chi connectivity index (χ1v) is 18.9. The molecule has 6 aromatic carbocycles. The van der Waals surface area contributed by atoms with Crippen molar-refractivity contribution >= 4 is 73.3 Å². The van der Waals surface area contributed by atoms with Crippen molar-refractivity contribution in [3.8, 4) is 5.69 Å². The Kier molecular flexibility index (Phi) is 5.77. The summed E-state index contributed by atoms with van der Waals surface area (Å²) in [7, 11) is 0. The van der Waals surface area contributed by atoms with Crippen molar-refractivity contribution in [2.45, 2.75) is 71.3 Å². The largest absolute Gasteiger partial charge is 0.335 e. The quantitative estimate of drug-likeness (QED) is 0.175. The van der Waals surface area contributed by atoms with Crippen molar-refractivity contribution in [3.05, 3.63) is 138 Å². The van der Waals surface area contributed by atoms with Crippen molar-refractivity contribution in [2.75, 3.05) is 9.80 Å². The van der Waals surface area contributed by atoms with Gasteiger partial charge in [0.1, 0.15) is 0 Å². The van der Waals surface area contributed by atoms with Gasteiger partial charge in [0, 0.05) is 50.1 Å². The molecule has 1 saturated carbocycles. The molecule has 51 heavy (non-hydrogen) atoms. The van der Waals surface area contributed by atoms with Crippen LogP contribution in [-0.4, -0.2) is 16.8 Å². The second-order valence-electron chi connectivity index (χ2n) is 16.2. The molecule has 0 spiro atoms. The van der Waals surface area contributed by atoms with Gasteiger partial charge in [0.2, 0.25) is 0 Å². The van der Waals surface area contributed by atoms with Crippen molar-refractivity contribution in [1.29, 1.82) is 0 Å². The molecular weight excluding hydrogens is 617 g/mol. The monoisotopic (exact) mass is 659 g/mol. The van der Waals surface area contributed by atoms with E-state index in [0.717, 1.165) is 0 Å². The van der Waals surface area contributed by atoms with Crippen LogP contribution in [0.15, 0.2) is 115 Å². The van der Waals surface area contributed by atoms with E-state index in [9.17, 15) is 0 Å². The lowest BCUT2D eigenvalue weighted by Crippen LogP contribution is -2.64. The summed E-state index contributed by atoms with van der Waals surface area (Å²) in [6.45, 7) is 12.2. The minimum absolute atomic E-state index is 0.0330. The lowest BCUT2D eigenvalue weighted by atomic mass is 9.33. The molecule has 3 aliphatic heterocycles. The Balaban J connectivity index is 1.33. The molecule has 2 unspecified atom stereocenters. The van der Waals surface area contributed by atoms with Gasteiger partial charge in [-0.25, -0.2) is 0 Å². The van der Waals surface area contributed by atoms with E-state index in [4.69, 9.17) is 0 Å². The molecule has 1 aromatic heterocycles. The number of hydrogen-bond acceptors (Lipinski definition) is 2. The molecule has 1 aliphatic carbocycles. The number of aromatic nitrogens is 1. The topological polar surface area (TPSA) is 11.4 Å². The third-order valence-electron chi connectivity index (χ3n) is 13.6. The average molecular weight is 660 g/mol. The Hall–Kier alpha value is -5.22. The second-order valence-corrected chi connectivity index (χ2v) is 16.2. The zero-order valence-corrected chi connectivity index (χ0v) is 30.2. The molecule has 0 amide bonds. The molecule has 0 bridgehead atoms. The first-order valence-electron chi connectivity index (χ1n) is 18.9. The summed E-state index contributed by atoms with van der Waals surface area (Å²) in [6, 6.07) is 44.0. The maximum absolute atomic E-state index is 2.86. The molecule has 3 nitrogen and oxygen atoms in total. The normalized spacial score (nSPS) is 20.8. The van der Waals surface area contributed by atoms with Crippen molar-refractivity contribution < 1.29 is 0 Å². The maximum Gasteiger partial charge on any atom is 0.252 e. The summed E-state index contributed by atoms with van der Waals surface area (Å²) in [6.07, 6.45) is 4.96. The fourth-order valence-electron chi connectivity index (χ4n) is 11.1. The molecule has 4 heterocycles. The number of hydrogen-bond donors (Lipinski definition) is 0. The highest BCUT2D eigenvalue weighted by molar-refractivity contribution is 7.00. The smallest absolute Gasteiger partial charge is 0.252 e. The van der Waals surface area contributed by atoms with Crippen LogP contribution >= 0.6 is 0 Å². The van der Waals surface area contributed by atoms with Gasteiger partial charge in [0.15, 0.2) is 0 Å². The average Bonchev–Trinajstić information content (AvgIpc) is 3.58. The third kappa shape index (κ3) is 3.56. The zero-order valence-electron chi connectivity index (χ0n) is 30.2. The summed E-state index contributed by atoms with van der Waals surface area (Å²) in [5.74, 6) is 0. The first kappa shape index (κ1) is 29.5. The highest BCUT2D eigenvalue weighted by atomic mass is 15.3. The van der Waals surface area contributed by atoms with Crippen LogP contribution in [0.2, 0.25) is 0 Å². The Morgan fingerprint density at radius 1 is 0.647 bits per heavy atom. The fourth-order valence-corrected chi connectivity index (χ4v) is 11.1. The maximum atomic E-state index is 2.86. The van der Waals surface area contributed by atoms with Crippen LogP contribution in [0, 0.1) is 20.8 Å². The number of rotatable bonds is 3. The van der Waals surface area contributed by atoms with Gasteiger partial charge in [-0.2, -0.15) is 0 Å². The standard InChI is InChI=1S/C47H42BN3/c1-29-25-35-45-37(26-29)48-36-19-14-18-34-33-17-8-11-22-40(33)50(44(34)36)41-27-32(28-42(43(41)48)51(45)47(5)24-13-12-23-46(35,47)4)49(38-20-9-6-15-30(38)2)39-21-10-7-16-31(39)3/h6-11,14-22,25-28H,12-13,23-24H2,1-5H3. The summed E-state index contributed by atoms with van der Waals surface area (Å²) in [5, 5.41) is 2.66. The first-order chi connectivity index (χ1) is 24.8. The van der Waals surface area contributed by atoms with Gasteiger partial charge in [-0.1, -0.05) is 110 Å². The zero-order chi connectivity index (χ0) is 34.4. The predicted molar refractivity (Wildman–Crippen MR) is 217 cm³/mol. The van der Waals surface area contributed by atoms with Gasteiger partial charge >= 0.3 is 0 Å². The summed E-state index contributed by atoms with van der Waals surface area (Å²) < 4.78 is 2.62. The second kappa shape index (κ2) is 9.97. The van der Waals surface area contributed by atoms with Crippen LogP contribution in [0.5, 0.6) is 0 Å². The molecule has 2 atom stereocenters. The third-order valence-corrected chi connectivity index (χ3v) is 13.6. The van der Waals surface area contributed by atoms with E-state index >= 15 is 0 Å². The molecular formula is C47H42BN3. The Labute approximate surface area is 301 Å². The van der Waals surface area contributed by atoms with E-state index < -0.39 is 0 Å². The number of anilines is 5. The molecule has 11 rings (SSSR count). The summed E-state index contributed by atoms with van der Waals surface area (Å²) >= 11 is 0. The summed E-state index contributed by atoms with van der Waals surface area (Å²) in [5.41, 5.74) is 20.3.